The van der Waals surface area contributed by atoms with Gasteiger partial charge in [0.1, 0.15) is 0 Å². The zero-order valence-corrected chi connectivity index (χ0v) is 11.5. The molecule has 0 saturated heterocycles. The lowest BCUT2D eigenvalue weighted by Crippen LogP contribution is -2.05. The minimum atomic E-state index is 0.525. The third kappa shape index (κ3) is 3.25. The zero-order valence-electron chi connectivity index (χ0n) is 10.8. The molecule has 1 aromatic carbocycles. The normalized spacial score (nSPS) is 19.2. The molecule has 1 heteroatoms. The van der Waals surface area contributed by atoms with Crippen molar-refractivity contribution in [3.8, 4) is 0 Å². The monoisotopic (exact) mass is 250 g/mol. The van der Waals surface area contributed by atoms with Crippen LogP contribution in [0, 0.1) is 0 Å². The van der Waals surface area contributed by atoms with Gasteiger partial charge < -0.3 is 0 Å². The van der Waals surface area contributed by atoms with Crippen molar-refractivity contribution in [2.45, 2.75) is 57.3 Å². The maximum atomic E-state index is 5.99. The van der Waals surface area contributed by atoms with Crippen LogP contribution in [0.5, 0.6) is 0 Å². The predicted octanol–water partition coefficient (Wildman–Crippen LogP) is 5.47. The molecule has 0 N–H and O–H groups in total. The van der Waals surface area contributed by atoms with Crippen LogP contribution in [0.25, 0.3) is 0 Å². The van der Waals surface area contributed by atoms with E-state index < -0.39 is 0 Å². The van der Waals surface area contributed by atoms with Gasteiger partial charge in [0.25, 0.3) is 0 Å². The molecule has 94 valence electrons. The van der Waals surface area contributed by atoms with Gasteiger partial charge in [-0.3, -0.25) is 0 Å². The van der Waals surface area contributed by atoms with E-state index in [2.05, 4.69) is 31.2 Å². The first kappa shape index (κ1) is 13.0. The van der Waals surface area contributed by atoms with Crippen molar-refractivity contribution in [2.75, 3.05) is 5.88 Å². The molecule has 0 spiro atoms. The van der Waals surface area contributed by atoms with Gasteiger partial charge in [0.15, 0.2) is 0 Å². The number of benzene rings is 1. The van der Waals surface area contributed by atoms with Gasteiger partial charge in [-0.1, -0.05) is 50.5 Å². The second kappa shape index (κ2) is 6.44. The lowest BCUT2D eigenvalue weighted by Gasteiger charge is -2.22. The molecule has 1 aliphatic carbocycles. The van der Waals surface area contributed by atoms with Crippen molar-refractivity contribution in [1.29, 1.82) is 0 Å². The Bertz CT molecular complexity index is 318. The standard InChI is InChI=1S/C16H23Cl/c1-2-13(12-17)15-8-10-16(11-9-15)14-6-4-3-5-7-14/h8-11,13-14H,2-7,12H2,1H3. The van der Waals surface area contributed by atoms with Crippen LogP contribution in [0.15, 0.2) is 24.3 Å². The van der Waals surface area contributed by atoms with Crippen molar-refractivity contribution in [3.05, 3.63) is 35.4 Å². The van der Waals surface area contributed by atoms with Crippen LogP contribution in [-0.4, -0.2) is 5.88 Å². The van der Waals surface area contributed by atoms with Gasteiger partial charge in [-0.05, 0) is 42.2 Å². The van der Waals surface area contributed by atoms with Gasteiger partial charge >= 0.3 is 0 Å². The Morgan fingerprint density at radius 1 is 1.12 bits per heavy atom. The Kier molecular flexibility index (Phi) is 4.91. The van der Waals surface area contributed by atoms with Crippen LogP contribution in [0.3, 0.4) is 0 Å². The van der Waals surface area contributed by atoms with Crippen LogP contribution < -0.4 is 0 Å². The van der Waals surface area contributed by atoms with Gasteiger partial charge in [-0.2, -0.15) is 0 Å². The molecule has 1 atom stereocenters. The van der Waals surface area contributed by atoms with Gasteiger partial charge in [-0.15, -0.1) is 11.6 Å². The molecule has 1 aliphatic rings. The molecule has 1 unspecified atom stereocenters. The summed E-state index contributed by atoms with van der Waals surface area (Å²) in [7, 11) is 0. The molecule has 17 heavy (non-hydrogen) atoms. The summed E-state index contributed by atoms with van der Waals surface area (Å²) in [5.41, 5.74) is 2.94. The minimum absolute atomic E-state index is 0.525. The topological polar surface area (TPSA) is 0 Å². The van der Waals surface area contributed by atoms with E-state index in [0.717, 1.165) is 18.2 Å². The molecule has 0 nitrogen and oxygen atoms in total. The van der Waals surface area contributed by atoms with E-state index in [1.165, 1.54) is 43.2 Å². The summed E-state index contributed by atoms with van der Waals surface area (Å²) in [4.78, 5) is 0. The molecule has 2 rings (SSSR count). The summed E-state index contributed by atoms with van der Waals surface area (Å²) in [6, 6.07) is 9.25. The Morgan fingerprint density at radius 2 is 1.76 bits per heavy atom. The van der Waals surface area contributed by atoms with Crippen molar-refractivity contribution >= 4 is 11.6 Å². The summed E-state index contributed by atoms with van der Waals surface area (Å²) in [6.07, 6.45) is 8.14. The molecule has 1 aromatic rings. The van der Waals surface area contributed by atoms with Crippen LogP contribution in [0.1, 0.15) is 68.4 Å². The molecular weight excluding hydrogens is 228 g/mol. The highest BCUT2D eigenvalue weighted by atomic mass is 35.5. The second-order valence-corrected chi connectivity index (χ2v) is 5.57. The fourth-order valence-electron chi connectivity index (χ4n) is 2.91. The van der Waals surface area contributed by atoms with Gasteiger partial charge in [0.05, 0.1) is 0 Å². The third-order valence-electron chi connectivity index (χ3n) is 4.16. The summed E-state index contributed by atoms with van der Waals surface area (Å²) < 4.78 is 0. The maximum absolute atomic E-state index is 5.99. The Labute approximate surface area is 110 Å². The summed E-state index contributed by atoms with van der Waals surface area (Å²) in [5.74, 6) is 2.07. The molecule has 0 amide bonds. The molecule has 0 heterocycles. The van der Waals surface area contributed by atoms with Gasteiger partial charge in [-0.25, -0.2) is 0 Å². The van der Waals surface area contributed by atoms with Crippen molar-refractivity contribution in [2.24, 2.45) is 0 Å². The van der Waals surface area contributed by atoms with Crippen LogP contribution in [0.4, 0.5) is 0 Å². The maximum Gasteiger partial charge on any atom is 0.0292 e. The molecular formula is C16H23Cl. The fourth-order valence-corrected chi connectivity index (χ4v) is 3.31. The molecule has 0 radical (unpaired) electrons. The lowest BCUT2D eigenvalue weighted by atomic mass is 9.83. The minimum Gasteiger partial charge on any atom is -0.126 e. The van der Waals surface area contributed by atoms with E-state index in [-0.39, 0.29) is 0 Å². The van der Waals surface area contributed by atoms with Crippen LogP contribution >= 0.6 is 11.6 Å². The lowest BCUT2D eigenvalue weighted by molar-refractivity contribution is 0.443. The number of alkyl halides is 1. The van der Waals surface area contributed by atoms with E-state index in [1.807, 2.05) is 0 Å². The first-order valence-electron chi connectivity index (χ1n) is 7.01. The quantitative estimate of drug-likeness (QED) is 0.622. The smallest absolute Gasteiger partial charge is 0.0292 e. The Hall–Kier alpha value is -0.490. The average molecular weight is 251 g/mol. The number of rotatable bonds is 4. The molecule has 0 aliphatic heterocycles. The third-order valence-corrected chi connectivity index (χ3v) is 4.54. The number of hydrogen-bond donors (Lipinski definition) is 0. The molecule has 1 fully saturated rings. The number of hydrogen-bond acceptors (Lipinski definition) is 0. The molecule has 1 saturated carbocycles. The SMILES string of the molecule is CCC(CCl)c1ccc(C2CCCCC2)cc1. The van der Waals surface area contributed by atoms with Crippen molar-refractivity contribution in [1.82, 2.24) is 0 Å². The Morgan fingerprint density at radius 3 is 2.29 bits per heavy atom. The Balaban J connectivity index is 2.06. The zero-order chi connectivity index (χ0) is 12.1. The van der Waals surface area contributed by atoms with E-state index in [1.54, 1.807) is 0 Å². The summed E-state index contributed by atoms with van der Waals surface area (Å²) in [6.45, 7) is 2.21. The first-order valence-corrected chi connectivity index (χ1v) is 7.54. The summed E-state index contributed by atoms with van der Waals surface area (Å²) in [5, 5.41) is 0. The average Bonchev–Trinajstić information content (AvgIpc) is 2.42. The highest BCUT2D eigenvalue weighted by Gasteiger charge is 2.15. The van der Waals surface area contributed by atoms with Gasteiger partial charge in [0.2, 0.25) is 0 Å². The first-order chi connectivity index (χ1) is 8.35. The highest BCUT2D eigenvalue weighted by molar-refractivity contribution is 6.18. The van der Waals surface area contributed by atoms with Crippen LogP contribution in [-0.2, 0) is 0 Å². The van der Waals surface area contributed by atoms with E-state index >= 15 is 0 Å². The fraction of sp³-hybridized carbons (Fsp3) is 0.625. The van der Waals surface area contributed by atoms with Crippen molar-refractivity contribution in [3.63, 3.8) is 0 Å². The predicted molar refractivity (Wildman–Crippen MR) is 76.0 cm³/mol. The largest absolute Gasteiger partial charge is 0.126 e. The van der Waals surface area contributed by atoms with Crippen LogP contribution in [0.2, 0.25) is 0 Å². The molecule has 0 aromatic heterocycles. The van der Waals surface area contributed by atoms with E-state index in [9.17, 15) is 0 Å². The molecule has 0 bridgehead atoms. The van der Waals surface area contributed by atoms with E-state index in [0.29, 0.717) is 5.92 Å². The van der Waals surface area contributed by atoms with E-state index in [4.69, 9.17) is 11.6 Å². The summed E-state index contributed by atoms with van der Waals surface area (Å²) >= 11 is 5.99. The highest BCUT2D eigenvalue weighted by Crippen LogP contribution is 2.33. The number of halogens is 1. The van der Waals surface area contributed by atoms with Gasteiger partial charge in [0, 0.05) is 5.88 Å². The van der Waals surface area contributed by atoms with Crippen molar-refractivity contribution < 1.29 is 0 Å². The second-order valence-electron chi connectivity index (χ2n) is 5.26.